The van der Waals surface area contributed by atoms with Crippen LogP contribution >= 0.6 is 0 Å². The number of hydrogen-bond acceptors (Lipinski definition) is 5. The number of rotatable bonds is 7. The number of aromatic nitrogens is 1. The maximum absolute atomic E-state index is 12.7. The first-order chi connectivity index (χ1) is 14.4. The summed E-state index contributed by atoms with van der Waals surface area (Å²) in [5.41, 5.74) is 2.29. The molecule has 2 aromatic heterocycles. The SMILES string of the molecule is Cc1cc(C(=O)COC(=O)[C@H]2CC(=O)N(C3CCCC3)C2)c(C)n1Cc1ccco1. The van der Waals surface area contributed by atoms with Crippen LogP contribution < -0.4 is 0 Å². The molecule has 2 aliphatic rings. The highest BCUT2D eigenvalue weighted by molar-refractivity contribution is 5.99. The summed E-state index contributed by atoms with van der Waals surface area (Å²) in [4.78, 5) is 39.3. The Hall–Kier alpha value is -2.83. The highest BCUT2D eigenvalue weighted by atomic mass is 16.5. The van der Waals surface area contributed by atoms with Gasteiger partial charge < -0.3 is 18.6 Å². The molecule has 1 atom stereocenters. The topological polar surface area (TPSA) is 81.8 Å². The molecule has 1 saturated heterocycles. The molecule has 0 aromatic carbocycles. The predicted octanol–water partition coefficient (Wildman–Crippen LogP) is 3.26. The largest absolute Gasteiger partial charge is 0.467 e. The van der Waals surface area contributed by atoms with Crippen molar-refractivity contribution in [1.82, 2.24) is 9.47 Å². The Kier molecular flexibility index (Phi) is 5.79. The maximum atomic E-state index is 12.7. The van der Waals surface area contributed by atoms with E-state index < -0.39 is 11.9 Å². The lowest BCUT2D eigenvalue weighted by molar-refractivity contribution is -0.147. The molecule has 7 heteroatoms. The van der Waals surface area contributed by atoms with E-state index in [0.29, 0.717) is 18.7 Å². The average molecular weight is 412 g/mol. The highest BCUT2D eigenvalue weighted by Gasteiger charge is 2.39. The first-order valence-corrected chi connectivity index (χ1v) is 10.6. The molecule has 7 nitrogen and oxygen atoms in total. The van der Waals surface area contributed by atoms with Crippen LogP contribution in [-0.2, 0) is 20.9 Å². The number of nitrogens with zero attached hydrogens (tertiary/aromatic N) is 2. The number of ketones is 1. The zero-order chi connectivity index (χ0) is 21.3. The second-order valence-electron chi connectivity index (χ2n) is 8.37. The first-order valence-electron chi connectivity index (χ1n) is 10.6. The third-order valence-electron chi connectivity index (χ3n) is 6.37. The van der Waals surface area contributed by atoms with E-state index in [4.69, 9.17) is 9.15 Å². The minimum atomic E-state index is -0.475. The van der Waals surface area contributed by atoms with Crippen LogP contribution in [0.5, 0.6) is 0 Å². The minimum absolute atomic E-state index is 0.0247. The Labute approximate surface area is 176 Å². The average Bonchev–Trinajstić information content (AvgIpc) is 3.51. The van der Waals surface area contributed by atoms with Crippen LogP contribution in [0.15, 0.2) is 28.9 Å². The molecule has 0 spiro atoms. The Morgan fingerprint density at radius 2 is 2.00 bits per heavy atom. The van der Waals surface area contributed by atoms with Gasteiger partial charge in [-0.3, -0.25) is 14.4 Å². The number of carbonyl (C=O) groups is 3. The van der Waals surface area contributed by atoms with Crippen LogP contribution in [0.2, 0.25) is 0 Å². The number of esters is 1. The molecule has 1 aliphatic heterocycles. The fourth-order valence-corrected chi connectivity index (χ4v) is 4.68. The van der Waals surface area contributed by atoms with Crippen LogP contribution in [0.1, 0.15) is 59.6 Å². The third kappa shape index (κ3) is 4.06. The van der Waals surface area contributed by atoms with E-state index >= 15 is 0 Å². The number of likely N-dealkylation sites (tertiary alicyclic amines) is 1. The van der Waals surface area contributed by atoms with Gasteiger partial charge in [0, 0.05) is 36.0 Å². The summed E-state index contributed by atoms with van der Waals surface area (Å²) in [6.07, 6.45) is 6.10. The van der Waals surface area contributed by atoms with Crippen molar-refractivity contribution in [1.29, 1.82) is 0 Å². The summed E-state index contributed by atoms with van der Waals surface area (Å²) in [5, 5.41) is 0. The predicted molar refractivity (Wildman–Crippen MR) is 109 cm³/mol. The number of Topliss-reactive ketones (excluding diaryl/α,β-unsaturated/α-hetero) is 1. The molecule has 2 aromatic rings. The maximum Gasteiger partial charge on any atom is 0.311 e. The first kappa shape index (κ1) is 20.4. The lowest BCUT2D eigenvalue weighted by atomic mass is 10.1. The van der Waals surface area contributed by atoms with Crippen molar-refractivity contribution in [3.05, 3.63) is 47.2 Å². The summed E-state index contributed by atoms with van der Waals surface area (Å²) < 4.78 is 12.7. The molecular weight excluding hydrogens is 384 g/mol. The smallest absolute Gasteiger partial charge is 0.311 e. The van der Waals surface area contributed by atoms with Crippen molar-refractivity contribution in [3.63, 3.8) is 0 Å². The number of aryl methyl sites for hydroxylation is 1. The summed E-state index contributed by atoms with van der Waals surface area (Å²) in [5.74, 6) is -0.338. The number of ether oxygens (including phenoxy) is 1. The second-order valence-corrected chi connectivity index (χ2v) is 8.37. The van der Waals surface area contributed by atoms with Crippen LogP contribution in [0.4, 0.5) is 0 Å². The van der Waals surface area contributed by atoms with Gasteiger partial charge in [-0.15, -0.1) is 0 Å². The molecule has 0 bridgehead atoms. The van der Waals surface area contributed by atoms with Crippen molar-refractivity contribution in [2.24, 2.45) is 5.92 Å². The van der Waals surface area contributed by atoms with Crippen molar-refractivity contribution in [2.75, 3.05) is 13.2 Å². The third-order valence-corrected chi connectivity index (χ3v) is 6.37. The van der Waals surface area contributed by atoms with Gasteiger partial charge in [0.05, 0.1) is 18.7 Å². The molecule has 4 rings (SSSR count). The molecule has 160 valence electrons. The highest BCUT2D eigenvalue weighted by Crippen LogP contribution is 2.30. The molecule has 2 fully saturated rings. The molecule has 1 saturated carbocycles. The van der Waals surface area contributed by atoms with Crippen molar-refractivity contribution >= 4 is 17.7 Å². The van der Waals surface area contributed by atoms with Crippen molar-refractivity contribution in [2.45, 2.75) is 58.5 Å². The molecule has 1 amide bonds. The van der Waals surface area contributed by atoms with Crippen LogP contribution in [-0.4, -0.2) is 46.3 Å². The zero-order valence-electron chi connectivity index (χ0n) is 17.6. The normalized spacial score (nSPS) is 19.6. The van der Waals surface area contributed by atoms with Gasteiger partial charge in [0.2, 0.25) is 11.7 Å². The fourth-order valence-electron chi connectivity index (χ4n) is 4.68. The van der Waals surface area contributed by atoms with Gasteiger partial charge in [-0.1, -0.05) is 12.8 Å². The Balaban J connectivity index is 1.34. The van der Waals surface area contributed by atoms with Gasteiger partial charge in [-0.05, 0) is 44.9 Å². The molecule has 0 N–H and O–H groups in total. The zero-order valence-corrected chi connectivity index (χ0v) is 17.6. The Morgan fingerprint density at radius 1 is 1.23 bits per heavy atom. The Morgan fingerprint density at radius 3 is 2.70 bits per heavy atom. The number of amides is 1. The van der Waals surface area contributed by atoms with E-state index in [9.17, 15) is 14.4 Å². The molecule has 3 heterocycles. The second kappa shape index (κ2) is 8.50. The van der Waals surface area contributed by atoms with Gasteiger partial charge in [-0.25, -0.2) is 0 Å². The van der Waals surface area contributed by atoms with Gasteiger partial charge in [0.15, 0.2) is 6.61 Å². The number of carbonyl (C=O) groups excluding carboxylic acids is 3. The summed E-state index contributed by atoms with van der Waals surface area (Å²) in [7, 11) is 0. The van der Waals surface area contributed by atoms with Gasteiger partial charge in [0.25, 0.3) is 0 Å². The monoisotopic (exact) mass is 412 g/mol. The molecule has 0 radical (unpaired) electrons. The van der Waals surface area contributed by atoms with E-state index in [1.807, 2.05) is 41.5 Å². The van der Waals surface area contributed by atoms with E-state index in [-0.39, 0.29) is 30.8 Å². The number of furan rings is 1. The van der Waals surface area contributed by atoms with E-state index in [0.717, 1.165) is 42.8 Å². The summed E-state index contributed by atoms with van der Waals surface area (Å²) >= 11 is 0. The van der Waals surface area contributed by atoms with Gasteiger partial charge in [0.1, 0.15) is 5.76 Å². The lowest BCUT2D eigenvalue weighted by Gasteiger charge is -2.23. The van der Waals surface area contributed by atoms with E-state index in [1.165, 1.54) is 0 Å². The summed E-state index contributed by atoms with van der Waals surface area (Å²) in [6, 6.07) is 5.79. The molecule has 1 aliphatic carbocycles. The fraction of sp³-hybridized carbons (Fsp3) is 0.522. The molecule has 30 heavy (non-hydrogen) atoms. The Bertz CT molecular complexity index is 937. The van der Waals surface area contributed by atoms with E-state index in [1.54, 1.807) is 6.26 Å². The van der Waals surface area contributed by atoms with Crippen LogP contribution in [0, 0.1) is 19.8 Å². The van der Waals surface area contributed by atoms with Gasteiger partial charge >= 0.3 is 5.97 Å². The standard InChI is InChI=1S/C23H28N2O5/c1-15-10-20(16(2)24(15)13-19-8-5-9-29-19)21(26)14-30-23(28)17-11-22(27)25(12-17)18-6-3-4-7-18/h5,8-10,17-18H,3-4,6-7,11-14H2,1-2H3/t17-/m0/s1. The lowest BCUT2D eigenvalue weighted by Crippen LogP contribution is -2.35. The summed E-state index contributed by atoms with van der Waals surface area (Å²) in [6.45, 7) is 4.45. The quantitative estimate of drug-likeness (QED) is 0.515. The van der Waals surface area contributed by atoms with Gasteiger partial charge in [-0.2, -0.15) is 0 Å². The van der Waals surface area contributed by atoms with Crippen molar-refractivity contribution < 1.29 is 23.5 Å². The number of hydrogen-bond donors (Lipinski definition) is 0. The minimum Gasteiger partial charge on any atom is -0.467 e. The molecule has 0 unspecified atom stereocenters. The van der Waals surface area contributed by atoms with Crippen molar-refractivity contribution in [3.8, 4) is 0 Å². The van der Waals surface area contributed by atoms with E-state index in [2.05, 4.69) is 0 Å². The molecular formula is C23H28N2O5. The van der Waals surface area contributed by atoms with Crippen LogP contribution in [0.25, 0.3) is 0 Å². The van der Waals surface area contributed by atoms with Crippen LogP contribution in [0.3, 0.4) is 0 Å².